The van der Waals surface area contributed by atoms with Gasteiger partial charge in [0.15, 0.2) is 6.10 Å². The second-order valence-corrected chi connectivity index (χ2v) is 10.3. The number of aliphatic hydroxyl groups excluding tert-OH is 3. The Labute approximate surface area is 225 Å². The summed E-state index contributed by atoms with van der Waals surface area (Å²) in [7, 11) is 1.78. The van der Waals surface area contributed by atoms with Gasteiger partial charge in [0.1, 0.15) is 42.2 Å². The SMILES string of the molecule is Cn1c(COc2ccc(CC3SC(=O)NC3=O)cc2)nc2ccc(O[C@@H]3OC(C(=O)O)[C@@H](O)[C@@H](O)C3O)cc21. The third-order valence-electron chi connectivity index (χ3n) is 6.49. The van der Waals surface area contributed by atoms with E-state index in [1.165, 1.54) is 0 Å². The summed E-state index contributed by atoms with van der Waals surface area (Å²) in [5.74, 6) is -0.376. The standard InChI is InChI=1S/C25H25N3O10S/c1-28-15-9-13(37-24-20(31)18(29)19(30)21(38-24)23(33)34)6-7-14(15)26-17(28)10-36-12-4-2-11(3-5-12)8-16-22(32)27-25(35)39-16/h2-7,9,16,18-21,24,29-31H,8,10H2,1H3,(H,33,34)(H,27,32,35)/t16?,18-,19+,20?,21?,24-/m1/s1. The minimum Gasteiger partial charge on any atom is -0.486 e. The molecule has 5 N–H and O–H groups in total. The number of ether oxygens (including phenoxy) is 3. The van der Waals surface area contributed by atoms with Gasteiger partial charge >= 0.3 is 5.97 Å². The van der Waals surface area contributed by atoms with Crippen LogP contribution in [0.3, 0.4) is 0 Å². The molecule has 0 saturated carbocycles. The molecule has 3 aromatic rings. The molecule has 2 aliphatic rings. The zero-order valence-corrected chi connectivity index (χ0v) is 21.3. The van der Waals surface area contributed by atoms with Crippen LogP contribution in [0.1, 0.15) is 11.4 Å². The monoisotopic (exact) mass is 559 g/mol. The summed E-state index contributed by atoms with van der Waals surface area (Å²) in [5, 5.41) is 40.8. The molecule has 3 heterocycles. The van der Waals surface area contributed by atoms with Gasteiger partial charge in [-0.15, -0.1) is 0 Å². The molecule has 0 bridgehead atoms. The van der Waals surface area contributed by atoms with Crippen LogP contribution in [0.15, 0.2) is 42.5 Å². The Kier molecular flexibility index (Phi) is 7.46. The number of aryl methyl sites for hydroxylation is 1. The van der Waals surface area contributed by atoms with E-state index < -0.39 is 41.9 Å². The highest BCUT2D eigenvalue weighted by Crippen LogP contribution is 2.28. The summed E-state index contributed by atoms with van der Waals surface area (Å²) in [5.41, 5.74) is 2.18. The lowest BCUT2D eigenvalue weighted by molar-refractivity contribution is -0.271. The molecule has 206 valence electrons. The molecule has 2 aliphatic heterocycles. The number of hydrogen-bond donors (Lipinski definition) is 5. The fourth-order valence-electron chi connectivity index (χ4n) is 4.32. The first-order chi connectivity index (χ1) is 18.6. The van der Waals surface area contributed by atoms with Crippen molar-refractivity contribution in [1.82, 2.24) is 14.9 Å². The van der Waals surface area contributed by atoms with Crippen LogP contribution in [0.5, 0.6) is 11.5 Å². The average Bonchev–Trinajstić information content (AvgIpc) is 3.40. The maximum atomic E-state index is 11.8. The predicted octanol–water partition coefficient (Wildman–Crippen LogP) is 0.317. The van der Waals surface area contributed by atoms with Crippen molar-refractivity contribution in [1.29, 1.82) is 0 Å². The maximum Gasteiger partial charge on any atom is 0.335 e. The van der Waals surface area contributed by atoms with Crippen LogP contribution >= 0.6 is 11.8 Å². The number of imide groups is 1. The number of thioether (sulfide) groups is 1. The molecule has 3 unspecified atom stereocenters. The molecule has 13 nitrogen and oxygen atoms in total. The van der Waals surface area contributed by atoms with E-state index in [9.17, 15) is 34.8 Å². The second kappa shape index (κ2) is 10.8. The van der Waals surface area contributed by atoms with E-state index >= 15 is 0 Å². The summed E-state index contributed by atoms with van der Waals surface area (Å²) in [6.45, 7) is 0.144. The molecule has 0 aliphatic carbocycles. The third kappa shape index (κ3) is 5.55. The number of hydrogen-bond acceptors (Lipinski definition) is 11. The Morgan fingerprint density at radius 2 is 1.79 bits per heavy atom. The number of imidazole rings is 1. The van der Waals surface area contributed by atoms with E-state index in [1.807, 2.05) is 12.1 Å². The lowest BCUT2D eigenvalue weighted by Gasteiger charge is -2.38. The highest BCUT2D eigenvalue weighted by molar-refractivity contribution is 8.15. The molecular weight excluding hydrogens is 534 g/mol. The van der Waals surface area contributed by atoms with E-state index in [4.69, 9.17) is 14.2 Å². The number of rotatable bonds is 8. The van der Waals surface area contributed by atoms with Gasteiger partial charge in [-0.2, -0.15) is 0 Å². The number of aliphatic hydroxyl groups is 3. The zero-order valence-electron chi connectivity index (χ0n) is 20.5. The number of nitrogens with zero attached hydrogens (tertiary/aromatic N) is 2. The zero-order chi connectivity index (χ0) is 27.8. The molecule has 0 spiro atoms. The van der Waals surface area contributed by atoms with Gasteiger partial charge in [0.25, 0.3) is 5.24 Å². The largest absolute Gasteiger partial charge is 0.486 e. The molecule has 2 aromatic carbocycles. The first-order valence-corrected chi connectivity index (χ1v) is 12.8. The minimum atomic E-state index is -1.81. The number of amides is 2. The lowest BCUT2D eigenvalue weighted by atomic mass is 9.99. The van der Waals surface area contributed by atoms with Gasteiger partial charge in [0, 0.05) is 13.1 Å². The van der Waals surface area contributed by atoms with Crippen LogP contribution < -0.4 is 14.8 Å². The van der Waals surface area contributed by atoms with Crippen LogP contribution in [0.4, 0.5) is 4.79 Å². The molecule has 2 saturated heterocycles. The highest BCUT2D eigenvalue weighted by Gasteiger charge is 2.48. The van der Waals surface area contributed by atoms with Gasteiger partial charge in [-0.1, -0.05) is 23.9 Å². The lowest BCUT2D eigenvalue weighted by Crippen LogP contribution is -2.61. The van der Waals surface area contributed by atoms with Crippen molar-refractivity contribution in [3.63, 3.8) is 0 Å². The molecule has 2 fully saturated rings. The number of carbonyl (C=O) groups excluding carboxylic acids is 2. The molecule has 14 heteroatoms. The number of carbonyl (C=O) groups is 3. The van der Waals surface area contributed by atoms with Gasteiger partial charge in [-0.25, -0.2) is 9.78 Å². The topological polar surface area (TPSA) is 190 Å². The van der Waals surface area contributed by atoms with Crippen LogP contribution in [0, 0.1) is 0 Å². The Balaban J connectivity index is 1.23. The fourth-order valence-corrected chi connectivity index (χ4v) is 5.18. The van der Waals surface area contributed by atoms with E-state index in [1.54, 1.807) is 41.9 Å². The van der Waals surface area contributed by atoms with Crippen molar-refractivity contribution in [3.8, 4) is 11.5 Å². The number of aliphatic carboxylic acids is 1. The normalized spacial score (nSPS) is 27.0. The van der Waals surface area contributed by atoms with Crippen LogP contribution in [0.25, 0.3) is 11.0 Å². The summed E-state index contributed by atoms with van der Waals surface area (Å²) in [4.78, 5) is 39.0. The summed E-state index contributed by atoms with van der Waals surface area (Å²) < 4.78 is 18.4. The molecule has 2 amide bonds. The summed E-state index contributed by atoms with van der Waals surface area (Å²) in [6.07, 6.45) is -8.12. The minimum absolute atomic E-state index is 0.144. The molecule has 1 aromatic heterocycles. The van der Waals surface area contributed by atoms with Crippen molar-refractivity contribution in [3.05, 3.63) is 53.9 Å². The van der Waals surface area contributed by atoms with Gasteiger partial charge in [0.05, 0.1) is 16.3 Å². The quantitative estimate of drug-likeness (QED) is 0.254. The maximum absolute atomic E-state index is 11.8. The number of carboxylic acid groups (broad SMARTS) is 1. The third-order valence-corrected chi connectivity index (χ3v) is 7.47. The van der Waals surface area contributed by atoms with Crippen LogP contribution in [-0.2, 0) is 34.4 Å². The Morgan fingerprint density at radius 3 is 2.46 bits per heavy atom. The van der Waals surface area contributed by atoms with E-state index in [2.05, 4.69) is 10.3 Å². The number of nitrogens with one attached hydrogen (secondary N) is 1. The average molecular weight is 560 g/mol. The Morgan fingerprint density at radius 1 is 1.08 bits per heavy atom. The molecule has 0 radical (unpaired) electrons. The molecule has 6 atom stereocenters. The number of benzene rings is 2. The molecular formula is C25H25N3O10S. The van der Waals surface area contributed by atoms with E-state index in [-0.39, 0.29) is 23.5 Å². The van der Waals surface area contributed by atoms with E-state index in [0.29, 0.717) is 29.0 Å². The number of carboxylic acids is 1. The van der Waals surface area contributed by atoms with Crippen LogP contribution in [-0.4, -0.2) is 83.0 Å². The van der Waals surface area contributed by atoms with Gasteiger partial charge in [0.2, 0.25) is 12.2 Å². The van der Waals surface area contributed by atoms with Gasteiger partial charge in [-0.05, 0) is 36.2 Å². The summed E-state index contributed by atoms with van der Waals surface area (Å²) >= 11 is 0.981. The predicted molar refractivity (Wildman–Crippen MR) is 135 cm³/mol. The molecule has 39 heavy (non-hydrogen) atoms. The smallest absolute Gasteiger partial charge is 0.335 e. The summed E-state index contributed by atoms with van der Waals surface area (Å²) in [6, 6.07) is 12.0. The second-order valence-electron chi connectivity index (χ2n) is 9.11. The van der Waals surface area contributed by atoms with Crippen molar-refractivity contribution < 1.29 is 49.0 Å². The highest BCUT2D eigenvalue weighted by atomic mass is 32.2. The van der Waals surface area contributed by atoms with E-state index in [0.717, 1.165) is 17.3 Å². The Bertz CT molecular complexity index is 1410. The van der Waals surface area contributed by atoms with Crippen LogP contribution in [0.2, 0.25) is 0 Å². The molecule has 5 rings (SSSR count). The Hall–Kier alpha value is -3.69. The van der Waals surface area contributed by atoms with Crippen molar-refractivity contribution in [2.24, 2.45) is 7.05 Å². The fraction of sp³-hybridized carbons (Fsp3) is 0.360. The van der Waals surface area contributed by atoms with Crippen molar-refractivity contribution in [2.75, 3.05) is 0 Å². The first kappa shape index (κ1) is 26.9. The number of fused-ring (bicyclic) bond motifs is 1. The van der Waals surface area contributed by atoms with Crippen molar-refractivity contribution in [2.45, 2.75) is 49.0 Å². The van der Waals surface area contributed by atoms with Gasteiger partial charge < -0.3 is 39.2 Å². The van der Waals surface area contributed by atoms with Gasteiger partial charge in [-0.3, -0.25) is 14.9 Å². The first-order valence-electron chi connectivity index (χ1n) is 11.9. The van der Waals surface area contributed by atoms with Crippen molar-refractivity contribution >= 4 is 39.9 Å². The number of aromatic nitrogens is 2.